The summed E-state index contributed by atoms with van der Waals surface area (Å²) in [5, 5.41) is 26.5. The van der Waals surface area contributed by atoms with E-state index in [0.717, 1.165) is 48.0 Å². The average Bonchev–Trinajstić information content (AvgIpc) is 3.54. The van der Waals surface area contributed by atoms with Crippen LogP contribution in [0.15, 0.2) is 54.7 Å². The molecular weight excluding hydrogens is 457 g/mol. The second-order valence-corrected chi connectivity index (χ2v) is 9.57. The zero-order valence-electron chi connectivity index (χ0n) is 18.9. The molecule has 2 fully saturated rings. The molecule has 4 heterocycles. The van der Waals surface area contributed by atoms with Crippen molar-refractivity contribution in [3.05, 3.63) is 60.3 Å². The fourth-order valence-electron chi connectivity index (χ4n) is 5.70. The predicted molar refractivity (Wildman–Crippen MR) is 124 cm³/mol. The predicted octanol–water partition coefficient (Wildman–Crippen LogP) is 4.44. The highest BCUT2D eigenvalue weighted by molar-refractivity contribution is 5.91. The number of piperidine rings is 1. The largest absolute Gasteiger partial charge is 0.415 e. The van der Waals surface area contributed by atoms with Gasteiger partial charge in [-0.3, -0.25) is 10.00 Å². The molecule has 35 heavy (non-hydrogen) atoms. The van der Waals surface area contributed by atoms with E-state index < -0.39 is 12.3 Å². The van der Waals surface area contributed by atoms with Gasteiger partial charge >= 0.3 is 6.18 Å². The first-order chi connectivity index (χ1) is 16.9. The lowest BCUT2D eigenvalue weighted by atomic mass is 9.85. The second kappa shape index (κ2) is 8.46. The van der Waals surface area contributed by atoms with Gasteiger partial charge < -0.3 is 5.11 Å². The third-order valence-electron chi connectivity index (χ3n) is 7.48. The van der Waals surface area contributed by atoms with Crippen molar-refractivity contribution in [2.24, 2.45) is 0 Å². The van der Waals surface area contributed by atoms with Gasteiger partial charge in [-0.15, -0.1) is 5.10 Å². The molecule has 182 valence electrons. The molecule has 4 atom stereocenters. The Balaban J connectivity index is 1.16. The van der Waals surface area contributed by atoms with Crippen molar-refractivity contribution >= 4 is 10.9 Å². The summed E-state index contributed by atoms with van der Waals surface area (Å²) in [7, 11) is 0. The fraction of sp³-hybridized carbons (Fsp3) is 0.400. The lowest BCUT2D eigenvalue weighted by molar-refractivity contribution is -0.210. The van der Waals surface area contributed by atoms with E-state index in [1.807, 2.05) is 47.5 Å². The Hall–Kier alpha value is -3.24. The van der Waals surface area contributed by atoms with Gasteiger partial charge in [0.1, 0.15) is 11.4 Å². The van der Waals surface area contributed by atoms with Crippen LogP contribution >= 0.6 is 0 Å². The van der Waals surface area contributed by atoms with Crippen molar-refractivity contribution < 1.29 is 18.3 Å². The number of halogens is 3. The highest BCUT2D eigenvalue weighted by atomic mass is 19.4. The summed E-state index contributed by atoms with van der Waals surface area (Å²) < 4.78 is 40.3. The van der Waals surface area contributed by atoms with E-state index in [9.17, 15) is 18.3 Å². The molecule has 2 bridgehead atoms. The van der Waals surface area contributed by atoms with Gasteiger partial charge in [-0.25, -0.2) is 4.68 Å². The number of aliphatic hydroxyl groups excluding tert-OH is 1. The monoisotopic (exact) mass is 482 g/mol. The molecule has 0 radical (unpaired) electrons. The summed E-state index contributed by atoms with van der Waals surface area (Å²) in [5.74, 6) is 0.294. The van der Waals surface area contributed by atoms with Gasteiger partial charge in [0.15, 0.2) is 6.10 Å². The summed E-state index contributed by atoms with van der Waals surface area (Å²) in [6.07, 6.45) is -1.63. The first-order valence-electron chi connectivity index (χ1n) is 11.8. The average molecular weight is 483 g/mol. The number of nitrogens with zero attached hydrogens (tertiary/aromatic N) is 5. The summed E-state index contributed by atoms with van der Waals surface area (Å²) in [6.45, 7) is -0.329. The number of aromatic amines is 1. The summed E-state index contributed by atoms with van der Waals surface area (Å²) >= 11 is 0. The van der Waals surface area contributed by atoms with E-state index in [-0.39, 0.29) is 18.6 Å². The topological polar surface area (TPSA) is 82.9 Å². The van der Waals surface area contributed by atoms with Gasteiger partial charge in [0, 0.05) is 24.0 Å². The number of alkyl halides is 3. The quantitative estimate of drug-likeness (QED) is 0.439. The molecular formula is C25H25F3N6O. The Bertz CT molecular complexity index is 1320. The van der Waals surface area contributed by atoms with Crippen LogP contribution in [0.2, 0.25) is 0 Å². The lowest BCUT2D eigenvalue weighted by Gasteiger charge is -2.40. The third kappa shape index (κ3) is 4.10. The highest BCUT2D eigenvalue weighted by Gasteiger charge is 2.46. The molecule has 4 aromatic rings. The standard InChI is InChI=1S/C25H25F3N6O/c26-25(27,28)23(35)14-33-18-9-10-19(33)12-16(11-18)15-5-7-17(8-6-15)34-13-22(30-32-34)24-20-3-1-2-4-21(20)29-31-24/h1-8,13,16,18-19,23,35H,9-12,14H2,(H,29,31)/t16?,18-,19?,23?/m0/s1. The van der Waals surface area contributed by atoms with E-state index in [2.05, 4.69) is 32.6 Å². The first-order valence-corrected chi connectivity index (χ1v) is 11.8. The molecule has 2 aliphatic heterocycles. The molecule has 0 amide bonds. The molecule has 7 nitrogen and oxygen atoms in total. The van der Waals surface area contributed by atoms with E-state index in [1.54, 1.807) is 4.68 Å². The highest BCUT2D eigenvalue weighted by Crippen LogP contribution is 2.43. The number of aliphatic hydroxyl groups is 1. The minimum Gasteiger partial charge on any atom is -0.382 e. The Morgan fingerprint density at radius 3 is 2.46 bits per heavy atom. The zero-order valence-corrected chi connectivity index (χ0v) is 18.9. The van der Waals surface area contributed by atoms with Gasteiger partial charge in [-0.1, -0.05) is 35.5 Å². The number of aromatic nitrogens is 5. The summed E-state index contributed by atoms with van der Waals surface area (Å²) in [6, 6.07) is 16.2. The molecule has 0 aliphatic carbocycles. The number of fused-ring (bicyclic) bond motifs is 3. The van der Waals surface area contributed by atoms with Crippen LogP contribution in [-0.4, -0.2) is 66.1 Å². The normalized spacial score (nSPS) is 23.7. The smallest absolute Gasteiger partial charge is 0.382 e. The van der Waals surface area contributed by atoms with Crippen LogP contribution in [0, 0.1) is 0 Å². The number of rotatable bonds is 5. The maximum atomic E-state index is 12.9. The van der Waals surface area contributed by atoms with Crippen molar-refractivity contribution in [2.45, 2.75) is 56.0 Å². The number of hydrogen-bond acceptors (Lipinski definition) is 5. The minimum atomic E-state index is -4.57. The Morgan fingerprint density at radius 1 is 1.03 bits per heavy atom. The molecule has 2 N–H and O–H groups in total. The zero-order chi connectivity index (χ0) is 24.2. The summed E-state index contributed by atoms with van der Waals surface area (Å²) in [5.41, 5.74) is 4.42. The third-order valence-corrected chi connectivity index (χ3v) is 7.48. The van der Waals surface area contributed by atoms with Crippen molar-refractivity contribution in [3.8, 4) is 17.1 Å². The maximum absolute atomic E-state index is 12.9. The van der Waals surface area contributed by atoms with Gasteiger partial charge in [0.25, 0.3) is 0 Å². The van der Waals surface area contributed by atoms with Crippen LogP contribution in [0.4, 0.5) is 13.2 Å². The van der Waals surface area contributed by atoms with Gasteiger partial charge in [-0.2, -0.15) is 18.3 Å². The number of para-hydroxylation sites is 1. The van der Waals surface area contributed by atoms with Crippen molar-refractivity contribution in [1.82, 2.24) is 30.1 Å². The van der Waals surface area contributed by atoms with E-state index >= 15 is 0 Å². The number of benzene rings is 2. The molecule has 6 rings (SSSR count). The van der Waals surface area contributed by atoms with Crippen LogP contribution < -0.4 is 0 Å². The molecule has 0 saturated carbocycles. The van der Waals surface area contributed by atoms with Crippen LogP contribution in [-0.2, 0) is 0 Å². The van der Waals surface area contributed by atoms with E-state index in [4.69, 9.17) is 0 Å². The molecule has 2 aromatic carbocycles. The van der Waals surface area contributed by atoms with Crippen LogP contribution in [0.25, 0.3) is 28.0 Å². The first kappa shape index (κ1) is 22.2. The van der Waals surface area contributed by atoms with Crippen molar-refractivity contribution in [2.75, 3.05) is 6.54 Å². The SMILES string of the molecule is OC(CN1C2CC[C@H]1CC(c1ccc(-n3cc(-c4n[nH]c5ccccc45)nn3)cc1)C2)C(F)(F)F. The maximum Gasteiger partial charge on any atom is 0.415 e. The van der Waals surface area contributed by atoms with E-state index in [0.29, 0.717) is 11.6 Å². The molecule has 0 spiro atoms. The number of nitrogens with one attached hydrogen (secondary N) is 1. The Morgan fingerprint density at radius 2 is 1.74 bits per heavy atom. The summed E-state index contributed by atoms with van der Waals surface area (Å²) in [4.78, 5) is 1.87. The van der Waals surface area contributed by atoms with Crippen molar-refractivity contribution in [1.29, 1.82) is 0 Å². The Kier molecular flexibility index (Phi) is 5.37. The lowest BCUT2D eigenvalue weighted by Crippen LogP contribution is -2.49. The van der Waals surface area contributed by atoms with Gasteiger partial charge in [-0.05, 0) is 55.4 Å². The molecule has 2 aliphatic rings. The molecule has 10 heteroatoms. The number of H-pyrrole nitrogens is 1. The second-order valence-electron chi connectivity index (χ2n) is 9.57. The van der Waals surface area contributed by atoms with Crippen LogP contribution in [0.5, 0.6) is 0 Å². The van der Waals surface area contributed by atoms with Gasteiger partial charge in [0.05, 0.1) is 17.4 Å². The minimum absolute atomic E-state index is 0.0805. The molecule has 2 aromatic heterocycles. The van der Waals surface area contributed by atoms with Crippen LogP contribution in [0.3, 0.4) is 0 Å². The molecule has 3 unspecified atom stereocenters. The van der Waals surface area contributed by atoms with Gasteiger partial charge in [0.2, 0.25) is 0 Å². The molecule has 2 saturated heterocycles. The number of hydrogen-bond donors (Lipinski definition) is 2. The van der Waals surface area contributed by atoms with Crippen LogP contribution in [0.1, 0.15) is 37.2 Å². The fourth-order valence-corrected chi connectivity index (χ4v) is 5.70. The van der Waals surface area contributed by atoms with Crippen molar-refractivity contribution in [3.63, 3.8) is 0 Å². The van der Waals surface area contributed by atoms with E-state index in [1.165, 1.54) is 5.56 Å². The Labute approximate surface area is 199 Å².